The van der Waals surface area contributed by atoms with Gasteiger partial charge in [0, 0.05) is 51.3 Å². The number of piperazine rings is 1. The molecule has 0 aliphatic carbocycles. The van der Waals surface area contributed by atoms with Crippen LogP contribution in [0.15, 0.2) is 48.2 Å². The first-order chi connectivity index (χ1) is 14.0. The lowest BCUT2D eigenvalue weighted by Crippen LogP contribution is -2.49. The molecule has 0 unspecified atom stereocenters. The van der Waals surface area contributed by atoms with Gasteiger partial charge in [-0.05, 0) is 24.6 Å². The molecule has 1 aliphatic rings. The van der Waals surface area contributed by atoms with Crippen LogP contribution >= 0.6 is 0 Å². The second-order valence-corrected chi connectivity index (χ2v) is 6.94. The smallest absolute Gasteiger partial charge is 0.302 e. The zero-order valence-corrected chi connectivity index (χ0v) is 16.9. The minimum absolute atomic E-state index is 0.0678. The van der Waals surface area contributed by atoms with Gasteiger partial charge in [0.25, 0.3) is 0 Å². The highest BCUT2D eigenvalue weighted by molar-refractivity contribution is 5.97. The zero-order valence-electron chi connectivity index (χ0n) is 16.9. The molecule has 0 spiro atoms. The molecule has 29 heavy (non-hydrogen) atoms. The molecule has 1 aliphatic heterocycles. The van der Waals surface area contributed by atoms with Crippen molar-refractivity contribution in [3.8, 4) is 0 Å². The Balaban J connectivity index is 1.55. The maximum atomic E-state index is 12.7. The third-order valence-electron chi connectivity index (χ3n) is 4.73. The van der Waals surface area contributed by atoms with Crippen LogP contribution in [0, 0.1) is 0 Å². The predicted molar refractivity (Wildman–Crippen MR) is 111 cm³/mol. The first-order valence-electron chi connectivity index (χ1n) is 9.76. The fourth-order valence-electron chi connectivity index (χ4n) is 3.22. The number of aromatic nitrogens is 2. The number of hydrogen-bond donors (Lipinski definition) is 0. The summed E-state index contributed by atoms with van der Waals surface area (Å²) in [6, 6.07) is 11.7. The van der Waals surface area contributed by atoms with Gasteiger partial charge in [-0.2, -0.15) is 0 Å². The second-order valence-electron chi connectivity index (χ2n) is 6.94. The fraction of sp³-hybridized carbons (Fsp3) is 0.364. The maximum Gasteiger partial charge on any atom is 0.302 e. The van der Waals surface area contributed by atoms with E-state index in [0.29, 0.717) is 38.4 Å². The maximum absolute atomic E-state index is 12.7. The van der Waals surface area contributed by atoms with Gasteiger partial charge in [0.15, 0.2) is 0 Å². The van der Waals surface area contributed by atoms with Crippen molar-refractivity contribution in [2.45, 2.75) is 20.3 Å². The van der Waals surface area contributed by atoms with Gasteiger partial charge in [0.1, 0.15) is 11.6 Å². The second kappa shape index (κ2) is 9.82. The summed E-state index contributed by atoms with van der Waals surface area (Å²) in [7, 11) is 0. The van der Waals surface area contributed by atoms with Gasteiger partial charge in [0.2, 0.25) is 5.91 Å². The normalized spacial score (nSPS) is 14.6. The molecule has 3 rings (SSSR count). The molecule has 0 N–H and O–H groups in total. The molecule has 7 nitrogen and oxygen atoms in total. The monoisotopic (exact) mass is 394 g/mol. The average molecular weight is 394 g/mol. The molecule has 0 radical (unpaired) electrons. The molecule has 1 amide bonds. The molecule has 0 atom stereocenters. The van der Waals surface area contributed by atoms with E-state index < -0.39 is 0 Å². The highest BCUT2D eigenvalue weighted by atomic mass is 16.5. The highest BCUT2D eigenvalue weighted by Gasteiger charge is 2.23. The van der Waals surface area contributed by atoms with E-state index in [0.717, 1.165) is 17.0 Å². The van der Waals surface area contributed by atoms with Crippen molar-refractivity contribution in [3.05, 3.63) is 59.6 Å². The Hall–Kier alpha value is -3.22. The number of esters is 1. The standard InChI is InChI=1S/C22H26N4O3/c1-17(16-19-6-4-3-5-7-19)22(28)26-13-11-25(12-14-26)21-8-10-23-20(24-21)9-15-29-18(2)27/h3-8,10,16H,9,11-15H2,1-2H3/b17-16+. The highest BCUT2D eigenvalue weighted by Crippen LogP contribution is 2.16. The summed E-state index contributed by atoms with van der Waals surface area (Å²) < 4.78 is 4.95. The summed E-state index contributed by atoms with van der Waals surface area (Å²) in [5, 5.41) is 0. The number of rotatable bonds is 6. The first-order valence-corrected chi connectivity index (χ1v) is 9.76. The Bertz CT molecular complexity index is 875. The summed E-state index contributed by atoms with van der Waals surface area (Å²) in [5.74, 6) is 1.24. The summed E-state index contributed by atoms with van der Waals surface area (Å²) in [6.45, 7) is 6.23. The molecule has 0 bridgehead atoms. The minimum atomic E-state index is -0.307. The average Bonchev–Trinajstić information content (AvgIpc) is 2.74. The zero-order chi connectivity index (χ0) is 20.6. The number of nitrogens with zero attached hydrogens (tertiary/aromatic N) is 4. The van der Waals surface area contributed by atoms with E-state index in [1.165, 1.54) is 6.92 Å². The quantitative estimate of drug-likeness (QED) is 0.553. The third kappa shape index (κ3) is 5.88. The molecule has 152 valence electrons. The van der Waals surface area contributed by atoms with Gasteiger partial charge in [-0.25, -0.2) is 9.97 Å². The number of hydrogen-bond acceptors (Lipinski definition) is 6. The Morgan fingerprint density at radius 1 is 1.07 bits per heavy atom. The van der Waals surface area contributed by atoms with Gasteiger partial charge >= 0.3 is 5.97 Å². The Kier molecular flexibility index (Phi) is 6.94. The minimum Gasteiger partial charge on any atom is -0.465 e. The van der Waals surface area contributed by atoms with Crippen LogP contribution in [0.5, 0.6) is 0 Å². The van der Waals surface area contributed by atoms with E-state index in [2.05, 4.69) is 14.9 Å². The van der Waals surface area contributed by atoms with Crippen LogP contribution < -0.4 is 4.90 Å². The van der Waals surface area contributed by atoms with Crippen molar-refractivity contribution >= 4 is 23.8 Å². The number of anilines is 1. The molecule has 1 saturated heterocycles. The van der Waals surface area contributed by atoms with Gasteiger partial charge in [-0.1, -0.05) is 30.3 Å². The van der Waals surface area contributed by atoms with Crippen molar-refractivity contribution in [2.75, 3.05) is 37.7 Å². The fourth-order valence-corrected chi connectivity index (χ4v) is 3.22. The molecule has 1 aromatic heterocycles. The van der Waals surface area contributed by atoms with Crippen molar-refractivity contribution in [3.63, 3.8) is 0 Å². The van der Waals surface area contributed by atoms with Crippen LogP contribution in [0.1, 0.15) is 25.2 Å². The van der Waals surface area contributed by atoms with Crippen LogP contribution in [0.3, 0.4) is 0 Å². The summed E-state index contributed by atoms with van der Waals surface area (Å²) in [5.41, 5.74) is 1.76. The molecule has 2 heterocycles. The van der Waals surface area contributed by atoms with E-state index in [4.69, 9.17) is 4.74 Å². The van der Waals surface area contributed by atoms with Crippen LogP contribution in [0.2, 0.25) is 0 Å². The SMILES string of the molecule is CC(=O)OCCc1nccc(N2CCN(C(=O)/C(C)=C/c3ccccc3)CC2)n1. The molecule has 2 aromatic rings. The number of benzene rings is 1. The number of ether oxygens (including phenoxy) is 1. The van der Waals surface area contributed by atoms with Gasteiger partial charge < -0.3 is 14.5 Å². The van der Waals surface area contributed by atoms with Gasteiger partial charge in [0.05, 0.1) is 6.61 Å². The first kappa shape index (κ1) is 20.5. The Labute approximate surface area is 171 Å². The third-order valence-corrected chi connectivity index (χ3v) is 4.73. The van der Waals surface area contributed by atoms with Crippen LogP contribution in [0.4, 0.5) is 5.82 Å². The molecule has 1 fully saturated rings. The number of carbonyl (C=O) groups is 2. The van der Waals surface area contributed by atoms with E-state index in [1.54, 1.807) is 6.20 Å². The lowest BCUT2D eigenvalue weighted by Gasteiger charge is -2.35. The van der Waals surface area contributed by atoms with Crippen molar-refractivity contribution in [1.82, 2.24) is 14.9 Å². The lowest BCUT2D eigenvalue weighted by molar-refractivity contribution is -0.140. The van der Waals surface area contributed by atoms with Crippen molar-refractivity contribution in [2.24, 2.45) is 0 Å². The van der Waals surface area contributed by atoms with Crippen molar-refractivity contribution in [1.29, 1.82) is 0 Å². The largest absolute Gasteiger partial charge is 0.465 e. The predicted octanol–water partition coefficient (Wildman–Crippen LogP) is 2.33. The lowest BCUT2D eigenvalue weighted by atomic mass is 10.1. The van der Waals surface area contributed by atoms with Gasteiger partial charge in [-0.15, -0.1) is 0 Å². The van der Waals surface area contributed by atoms with E-state index >= 15 is 0 Å². The number of amides is 1. The van der Waals surface area contributed by atoms with Crippen LogP contribution in [-0.2, 0) is 20.7 Å². The topological polar surface area (TPSA) is 75.6 Å². The Morgan fingerprint density at radius 3 is 2.48 bits per heavy atom. The summed E-state index contributed by atoms with van der Waals surface area (Å²) >= 11 is 0. The van der Waals surface area contributed by atoms with Crippen LogP contribution in [0.25, 0.3) is 6.08 Å². The van der Waals surface area contributed by atoms with Gasteiger partial charge in [-0.3, -0.25) is 9.59 Å². The molecule has 1 aromatic carbocycles. The molecular formula is C22H26N4O3. The van der Waals surface area contributed by atoms with E-state index in [-0.39, 0.29) is 18.5 Å². The van der Waals surface area contributed by atoms with E-state index in [1.807, 2.05) is 54.3 Å². The summed E-state index contributed by atoms with van der Waals surface area (Å²) in [4.78, 5) is 36.5. The molecular weight excluding hydrogens is 368 g/mol. The Morgan fingerprint density at radius 2 is 1.79 bits per heavy atom. The van der Waals surface area contributed by atoms with E-state index in [9.17, 15) is 9.59 Å². The summed E-state index contributed by atoms with van der Waals surface area (Å²) in [6.07, 6.45) is 4.12. The van der Waals surface area contributed by atoms with Crippen LogP contribution in [-0.4, -0.2) is 59.5 Å². The van der Waals surface area contributed by atoms with Crippen molar-refractivity contribution < 1.29 is 14.3 Å². The molecule has 7 heteroatoms. The number of carbonyl (C=O) groups excluding carboxylic acids is 2. The molecule has 0 saturated carbocycles.